The van der Waals surface area contributed by atoms with Gasteiger partial charge in [-0.25, -0.2) is 0 Å². The van der Waals surface area contributed by atoms with Crippen LogP contribution in [-0.4, -0.2) is 52.0 Å². The number of piperazine rings is 1. The molecule has 1 unspecified atom stereocenters. The maximum Gasteiger partial charge on any atom is 0.244 e. The standard InChI is InChI=1S/C17H22N4O2/c1-12-4-6-15(7-5-12)16-18-17(23-19-16)13(2)20-8-10-21(11-9-20)14(3)22/h4-7,13H,8-11H2,1-3H3. The molecule has 2 aromatic rings. The van der Waals surface area contributed by atoms with Crippen LogP contribution in [0.3, 0.4) is 0 Å². The van der Waals surface area contributed by atoms with Crippen LogP contribution in [0.25, 0.3) is 11.4 Å². The van der Waals surface area contributed by atoms with Crippen molar-refractivity contribution in [1.29, 1.82) is 0 Å². The van der Waals surface area contributed by atoms with Crippen molar-refractivity contribution in [1.82, 2.24) is 19.9 Å². The van der Waals surface area contributed by atoms with Crippen molar-refractivity contribution in [3.8, 4) is 11.4 Å². The number of carbonyl (C=O) groups is 1. The van der Waals surface area contributed by atoms with Crippen LogP contribution in [0.15, 0.2) is 28.8 Å². The number of benzene rings is 1. The first-order chi connectivity index (χ1) is 11.0. The first-order valence-corrected chi connectivity index (χ1v) is 7.95. The second-order valence-corrected chi connectivity index (χ2v) is 6.04. The zero-order valence-corrected chi connectivity index (χ0v) is 13.8. The molecule has 1 aliphatic rings. The SMILES string of the molecule is CC(=O)N1CCN(C(C)c2nc(-c3ccc(C)cc3)no2)CC1. The summed E-state index contributed by atoms with van der Waals surface area (Å²) in [6.07, 6.45) is 0. The Morgan fingerprint density at radius 1 is 1.17 bits per heavy atom. The molecule has 3 rings (SSSR count). The molecule has 0 N–H and O–H groups in total. The molecule has 0 bridgehead atoms. The van der Waals surface area contributed by atoms with Gasteiger partial charge in [0, 0.05) is 38.7 Å². The van der Waals surface area contributed by atoms with Crippen LogP contribution in [0, 0.1) is 6.92 Å². The Morgan fingerprint density at radius 2 is 1.83 bits per heavy atom. The molecule has 1 fully saturated rings. The summed E-state index contributed by atoms with van der Waals surface area (Å²) in [6.45, 7) is 8.87. The summed E-state index contributed by atoms with van der Waals surface area (Å²) in [5.41, 5.74) is 2.16. The maximum atomic E-state index is 11.4. The van der Waals surface area contributed by atoms with Crippen molar-refractivity contribution in [2.45, 2.75) is 26.8 Å². The molecule has 1 amide bonds. The summed E-state index contributed by atoms with van der Waals surface area (Å²) in [7, 11) is 0. The van der Waals surface area contributed by atoms with Gasteiger partial charge in [0.25, 0.3) is 0 Å². The minimum Gasteiger partial charge on any atom is -0.340 e. The molecule has 6 nitrogen and oxygen atoms in total. The Hall–Kier alpha value is -2.21. The minimum absolute atomic E-state index is 0.0517. The summed E-state index contributed by atoms with van der Waals surface area (Å²) >= 11 is 0. The molecule has 0 aliphatic carbocycles. The van der Waals surface area contributed by atoms with E-state index in [2.05, 4.69) is 22.0 Å². The van der Waals surface area contributed by atoms with Gasteiger partial charge >= 0.3 is 0 Å². The summed E-state index contributed by atoms with van der Waals surface area (Å²) in [5.74, 6) is 1.38. The van der Waals surface area contributed by atoms with Crippen LogP contribution in [0.2, 0.25) is 0 Å². The zero-order valence-electron chi connectivity index (χ0n) is 13.8. The van der Waals surface area contributed by atoms with Gasteiger partial charge in [0.05, 0.1) is 6.04 Å². The topological polar surface area (TPSA) is 62.5 Å². The lowest BCUT2D eigenvalue weighted by atomic mass is 10.1. The quantitative estimate of drug-likeness (QED) is 0.869. The first-order valence-electron chi connectivity index (χ1n) is 7.95. The van der Waals surface area contributed by atoms with Crippen molar-refractivity contribution in [3.63, 3.8) is 0 Å². The third-order valence-corrected chi connectivity index (χ3v) is 4.42. The fraction of sp³-hybridized carbons (Fsp3) is 0.471. The predicted molar refractivity (Wildman–Crippen MR) is 86.7 cm³/mol. The number of hydrogen-bond acceptors (Lipinski definition) is 5. The van der Waals surface area contributed by atoms with E-state index in [0.717, 1.165) is 31.7 Å². The lowest BCUT2D eigenvalue weighted by Crippen LogP contribution is -2.48. The van der Waals surface area contributed by atoms with Gasteiger partial charge < -0.3 is 9.42 Å². The minimum atomic E-state index is 0.0517. The number of aromatic nitrogens is 2. The highest BCUT2D eigenvalue weighted by atomic mass is 16.5. The third kappa shape index (κ3) is 3.42. The molecule has 1 aromatic carbocycles. The van der Waals surface area contributed by atoms with E-state index in [4.69, 9.17) is 4.52 Å². The zero-order chi connectivity index (χ0) is 16.4. The number of amides is 1. The van der Waals surface area contributed by atoms with Crippen LogP contribution in [-0.2, 0) is 4.79 Å². The highest BCUT2D eigenvalue weighted by Gasteiger charge is 2.26. The second-order valence-electron chi connectivity index (χ2n) is 6.04. The van der Waals surface area contributed by atoms with Crippen LogP contribution in [0.1, 0.15) is 31.3 Å². The van der Waals surface area contributed by atoms with E-state index in [9.17, 15) is 4.79 Å². The Kier molecular flexibility index (Phi) is 4.43. The van der Waals surface area contributed by atoms with E-state index in [-0.39, 0.29) is 11.9 Å². The molecule has 6 heteroatoms. The van der Waals surface area contributed by atoms with Crippen molar-refractivity contribution < 1.29 is 9.32 Å². The molecule has 1 aromatic heterocycles. The first kappa shape index (κ1) is 15.7. The summed E-state index contributed by atoms with van der Waals surface area (Å²) in [5, 5.41) is 4.10. The van der Waals surface area contributed by atoms with Crippen molar-refractivity contribution >= 4 is 5.91 Å². The molecule has 1 saturated heterocycles. The molecule has 1 aliphatic heterocycles. The molecule has 0 radical (unpaired) electrons. The average Bonchev–Trinajstić information content (AvgIpc) is 3.05. The van der Waals surface area contributed by atoms with E-state index in [1.165, 1.54) is 5.56 Å². The van der Waals surface area contributed by atoms with Gasteiger partial charge in [-0.1, -0.05) is 35.0 Å². The number of aryl methyl sites for hydroxylation is 1. The number of hydrogen-bond donors (Lipinski definition) is 0. The van der Waals surface area contributed by atoms with Crippen LogP contribution in [0.4, 0.5) is 0 Å². The molecule has 0 saturated carbocycles. The highest BCUT2D eigenvalue weighted by Crippen LogP contribution is 2.23. The molecule has 0 spiro atoms. The van der Waals surface area contributed by atoms with Crippen molar-refractivity contribution in [2.75, 3.05) is 26.2 Å². The smallest absolute Gasteiger partial charge is 0.244 e. The van der Waals surface area contributed by atoms with Crippen LogP contribution < -0.4 is 0 Å². The number of carbonyl (C=O) groups excluding carboxylic acids is 1. The van der Waals surface area contributed by atoms with Gasteiger partial charge in [0.2, 0.25) is 17.6 Å². The number of nitrogens with zero attached hydrogens (tertiary/aromatic N) is 4. The largest absolute Gasteiger partial charge is 0.340 e. The van der Waals surface area contributed by atoms with Gasteiger partial charge in [0.15, 0.2) is 0 Å². The van der Waals surface area contributed by atoms with E-state index in [1.807, 2.05) is 36.1 Å². The Morgan fingerprint density at radius 3 is 2.43 bits per heavy atom. The molecule has 1 atom stereocenters. The van der Waals surface area contributed by atoms with Gasteiger partial charge in [-0.05, 0) is 13.8 Å². The lowest BCUT2D eigenvalue weighted by molar-refractivity contribution is -0.130. The van der Waals surface area contributed by atoms with Gasteiger partial charge in [-0.2, -0.15) is 4.98 Å². The number of rotatable bonds is 3. The van der Waals surface area contributed by atoms with Gasteiger partial charge in [-0.15, -0.1) is 0 Å². The molecule has 122 valence electrons. The summed E-state index contributed by atoms with van der Waals surface area (Å²) in [6, 6.07) is 8.13. The molecular formula is C17H22N4O2. The predicted octanol–water partition coefficient (Wildman–Crippen LogP) is 2.27. The van der Waals surface area contributed by atoms with E-state index in [0.29, 0.717) is 11.7 Å². The molecule has 2 heterocycles. The Bertz CT molecular complexity index is 672. The molecular weight excluding hydrogens is 292 g/mol. The van der Waals surface area contributed by atoms with Crippen LogP contribution in [0.5, 0.6) is 0 Å². The van der Waals surface area contributed by atoms with E-state index >= 15 is 0 Å². The Balaban J connectivity index is 1.68. The van der Waals surface area contributed by atoms with Crippen molar-refractivity contribution in [2.24, 2.45) is 0 Å². The second kappa shape index (κ2) is 6.50. The fourth-order valence-corrected chi connectivity index (χ4v) is 2.81. The lowest BCUT2D eigenvalue weighted by Gasteiger charge is -2.36. The highest BCUT2D eigenvalue weighted by molar-refractivity contribution is 5.73. The van der Waals surface area contributed by atoms with Gasteiger partial charge in [0.1, 0.15) is 0 Å². The van der Waals surface area contributed by atoms with Crippen LogP contribution >= 0.6 is 0 Å². The van der Waals surface area contributed by atoms with E-state index < -0.39 is 0 Å². The maximum absolute atomic E-state index is 11.4. The van der Waals surface area contributed by atoms with Crippen molar-refractivity contribution in [3.05, 3.63) is 35.7 Å². The Labute approximate surface area is 136 Å². The van der Waals surface area contributed by atoms with Gasteiger partial charge in [-0.3, -0.25) is 9.69 Å². The van der Waals surface area contributed by atoms with E-state index in [1.54, 1.807) is 6.92 Å². The molecule has 23 heavy (non-hydrogen) atoms. The third-order valence-electron chi connectivity index (χ3n) is 4.42. The fourth-order valence-electron chi connectivity index (χ4n) is 2.81. The normalized spacial score (nSPS) is 17.3. The summed E-state index contributed by atoms with van der Waals surface area (Å²) < 4.78 is 5.46. The summed E-state index contributed by atoms with van der Waals surface area (Å²) in [4.78, 5) is 20.1. The average molecular weight is 314 g/mol. The monoisotopic (exact) mass is 314 g/mol.